The maximum Gasteiger partial charge on any atom is 0.257 e. The summed E-state index contributed by atoms with van der Waals surface area (Å²) in [4.78, 5) is 31.3. The lowest BCUT2D eigenvalue weighted by Gasteiger charge is -2.27. The molecule has 0 aliphatic heterocycles. The van der Waals surface area contributed by atoms with Gasteiger partial charge in [-0.2, -0.15) is 0 Å². The number of halogens is 2. The fourth-order valence-electron chi connectivity index (χ4n) is 2.85. The molecule has 1 heterocycles. The molecule has 30 heavy (non-hydrogen) atoms. The highest BCUT2D eigenvalue weighted by Crippen LogP contribution is 2.24. The first-order chi connectivity index (χ1) is 14.3. The van der Waals surface area contributed by atoms with Crippen molar-refractivity contribution in [1.29, 1.82) is 0 Å². The number of aromatic nitrogens is 1. The van der Waals surface area contributed by atoms with Crippen molar-refractivity contribution in [3.8, 4) is 0 Å². The van der Waals surface area contributed by atoms with Crippen LogP contribution in [0.25, 0.3) is 0 Å². The molecule has 3 rings (SSSR count). The Morgan fingerprint density at radius 1 is 1.10 bits per heavy atom. The van der Waals surface area contributed by atoms with Crippen molar-refractivity contribution >= 4 is 51.5 Å². The number of anilines is 1. The van der Waals surface area contributed by atoms with E-state index in [1.54, 1.807) is 46.7 Å². The van der Waals surface area contributed by atoms with Crippen molar-refractivity contribution in [2.24, 2.45) is 0 Å². The third-order valence-corrected chi connectivity index (χ3v) is 5.97. The van der Waals surface area contributed by atoms with E-state index in [1.807, 2.05) is 26.0 Å². The monoisotopic (exact) mass is 461 g/mol. The third-order valence-electron chi connectivity index (χ3n) is 4.42. The summed E-state index contributed by atoms with van der Waals surface area (Å²) in [6.07, 6.45) is 0.150. The van der Waals surface area contributed by atoms with E-state index in [4.69, 9.17) is 23.2 Å². The largest absolute Gasteiger partial charge is 0.336 e. The van der Waals surface area contributed by atoms with Gasteiger partial charge in [0.1, 0.15) is 0 Å². The minimum atomic E-state index is -0.230. The Bertz CT molecular complexity index is 1040. The van der Waals surface area contributed by atoms with E-state index in [0.29, 0.717) is 33.0 Å². The van der Waals surface area contributed by atoms with E-state index in [2.05, 4.69) is 10.3 Å². The van der Waals surface area contributed by atoms with Gasteiger partial charge in [-0.05, 0) is 43.7 Å². The summed E-state index contributed by atoms with van der Waals surface area (Å²) < 4.78 is 0. The molecule has 5 nitrogen and oxygen atoms in total. The number of hydrogen-bond acceptors (Lipinski definition) is 4. The van der Waals surface area contributed by atoms with Gasteiger partial charge in [0.25, 0.3) is 5.91 Å². The van der Waals surface area contributed by atoms with E-state index in [1.165, 1.54) is 11.3 Å². The smallest absolute Gasteiger partial charge is 0.257 e. The lowest BCUT2D eigenvalue weighted by Crippen LogP contribution is -2.37. The van der Waals surface area contributed by atoms with E-state index < -0.39 is 0 Å². The Balaban J connectivity index is 1.65. The molecule has 0 aliphatic rings. The van der Waals surface area contributed by atoms with Gasteiger partial charge < -0.3 is 4.90 Å². The summed E-state index contributed by atoms with van der Waals surface area (Å²) in [7, 11) is 0. The van der Waals surface area contributed by atoms with Gasteiger partial charge in [0.15, 0.2) is 5.13 Å². The lowest BCUT2D eigenvalue weighted by molar-refractivity contribution is -0.132. The molecular formula is C22H21Cl2N3O2S. The normalized spacial score (nSPS) is 10.8. The molecule has 1 N–H and O–H groups in total. The van der Waals surface area contributed by atoms with Crippen LogP contribution >= 0.6 is 34.5 Å². The Morgan fingerprint density at radius 2 is 1.83 bits per heavy atom. The van der Waals surface area contributed by atoms with Crippen molar-refractivity contribution in [1.82, 2.24) is 9.88 Å². The molecule has 2 amide bonds. The number of thiazole rings is 1. The average Bonchev–Trinajstić information content (AvgIpc) is 3.15. The van der Waals surface area contributed by atoms with Crippen LogP contribution in [-0.4, -0.2) is 27.7 Å². The van der Waals surface area contributed by atoms with Gasteiger partial charge in [-0.25, -0.2) is 4.98 Å². The predicted octanol–water partition coefficient (Wildman–Crippen LogP) is 5.68. The number of carbonyl (C=O) groups excluding carboxylic acids is 2. The molecular weight excluding hydrogens is 441 g/mol. The van der Waals surface area contributed by atoms with Crippen LogP contribution in [0.4, 0.5) is 5.13 Å². The number of amides is 2. The first-order valence-corrected chi connectivity index (χ1v) is 11.0. The number of carbonyl (C=O) groups is 2. The van der Waals surface area contributed by atoms with E-state index in [9.17, 15) is 9.59 Å². The number of rotatable bonds is 7. The minimum Gasteiger partial charge on any atom is -0.336 e. The zero-order valence-corrected chi connectivity index (χ0v) is 18.9. The molecule has 1 aromatic heterocycles. The van der Waals surface area contributed by atoms with Gasteiger partial charge in [-0.1, -0.05) is 47.5 Å². The van der Waals surface area contributed by atoms with E-state index in [0.717, 1.165) is 5.56 Å². The molecule has 0 atom stereocenters. The number of benzene rings is 2. The fraction of sp³-hybridized carbons (Fsp3) is 0.227. The first-order valence-electron chi connectivity index (χ1n) is 9.37. The second-order valence-corrected chi connectivity index (χ2v) is 8.68. The first kappa shape index (κ1) is 22.3. The van der Waals surface area contributed by atoms with Crippen molar-refractivity contribution in [2.75, 3.05) is 5.32 Å². The molecule has 0 radical (unpaired) electrons. The zero-order chi connectivity index (χ0) is 21.7. The highest BCUT2D eigenvalue weighted by atomic mass is 35.5. The highest BCUT2D eigenvalue weighted by Gasteiger charge is 2.20. The molecule has 3 aromatic rings. The van der Waals surface area contributed by atoms with Crippen molar-refractivity contribution in [3.63, 3.8) is 0 Å². The van der Waals surface area contributed by atoms with Gasteiger partial charge in [-0.15, -0.1) is 11.3 Å². The molecule has 0 unspecified atom stereocenters. The van der Waals surface area contributed by atoms with Gasteiger partial charge in [0.2, 0.25) is 5.91 Å². The molecule has 0 spiro atoms. The van der Waals surface area contributed by atoms with Gasteiger partial charge in [0.05, 0.1) is 22.2 Å². The maximum atomic E-state index is 12.9. The fourth-order valence-corrected chi connectivity index (χ4v) is 3.88. The van der Waals surface area contributed by atoms with Crippen LogP contribution in [0, 0.1) is 0 Å². The van der Waals surface area contributed by atoms with Crippen LogP contribution in [-0.2, 0) is 17.8 Å². The van der Waals surface area contributed by atoms with Crippen LogP contribution in [0.1, 0.15) is 35.5 Å². The second-order valence-electron chi connectivity index (χ2n) is 7.00. The van der Waals surface area contributed by atoms with Gasteiger partial charge in [0, 0.05) is 23.5 Å². The summed E-state index contributed by atoms with van der Waals surface area (Å²) >= 11 is 13.4. The average molecular weight is 462 g/mol. The van der Waals surface area contributed by atoms with Crippen LogP contribution in [0.3, 0.4) is 0 Å². The molecule has 8 heteroatoms. The summed E-state index contributed by atoms with van der Waals surface area (Å²) in [5.41, 5.74) is 2.08. The third kappa shape index (κ3) is 5.81. The van der Waals surface area contributed by atoms with Crippen LogP contribution in [0.2, 0.25) is 10.0 Å². The van der Waals surface area contributed by atoms with Crippen molar-refractivity contribution in [2.45, 2.75) is 32.9 Å². The molecule has 0 fully saturated rings. The Labute approximate surface area is 189 Å². The quantitative estimate of drug-likeness (QED) is 0.491. The number of nitrogens with zero attached hydrogens (tertiary/aromatic N) is 2. The molecule has 0 saturated carbocycles. The zero-order valence-electron chi connectivity index (χ0n) is 16.6. The Hall–Kier alpha value is -2.41. The predicted molar refractivity (Wildman–Crippen MR) is 122 cm³/mol. The summed E-state index contributed by atoms with van der Waals surface area (Å²) in [6.45, 7) is 4.35. The molecule has 0 bridgehead atoms. The van der Waals surface area contributed by atoms with Crippen molar-refractivity contribution < 1.29 is 9.59 Å². The highest BCUT2D eigenvalue weighted by molar-refractivity contribution is 7.14. The minimum absolute atomic E-state index is 0.00263. The molecule has 0 aliphatic carbocycles. The number of nitrogens with one attached hydrogen (secondary N) is 1. The van der Waals surface area contributed by atoms with Crippen LogP contribution in [0.5, 0.6) is 0 Å². The molecule has 2 aromatic carbocycles. The molecule has 156 valence electrons. The van der Waals surface area contributed by atoms with E-state index >= 15 is 0 Å². The van der Waals surface area contributed by atoms with Crippen LogP contribution < -0.4 is 5.32 Å². The number of hydrogen-bond donors (Lipinski definition) is 1. The Morgan fingerprint density at radius 3 is 2.50 bits per heavy atom. The van der Waals surface area contributed by atoms with Crippen molar-refractivity contribution in [3.05, 3.63) is 80.8 Å². The maximum absolute atomic E-state index is 12.9. The summed E-state index contributed by atoms with van der Waals surface area (Å²) in [5.74, 6) is -0.284. The van der Waals surface area contributed by atoms with Crippen LogP contribution in [0.15, 0.2) is 53.9 Å². The summed E-state index contributed by atoms with van der Waals surface area (Å²) in [5, 5.41) is 5.97. The van der Waals surface area contributed by atoms with Gasteiger partial charge in [-0.3, -0.25) is 14.9 Å². The van der Waals surface area contributed by atoms with E-state index in [-0.39, 0.29) is 24.3 Å². The van der Waals surface area contributed by atoms with Gasteiger partial charge >= 0.3 is 0 Å². The lowest BCUT2D eigenvalue weighted by atomic mass is 10.1. The summed E-state index contributed by atoms with van der Waals surface area (Å²) in [6, 6.07) is 14.3. The standard InChI is InChI=1S/C22H21Cl2N3O2S/c1-14(2)27(12-15-8-9-18(23)19(24)10-15)20(28)11-17-13-30-22(25-17)26-21(29)16-6-4-3-5-7-16/h3-10,13-14H,11-12H2,1-2H3,(H,25,26,29). The molecule has 0 saturated heterocycles. The second kappa shape index (κ2) is 10.1. The Kier molecular flexibility index (Phi) is 7.48. The topological polar surface area (TPSA) is 62.3 Å². The SMILES string of the molecule is CC(C)N(Cc1ccc(Cl)c(Cl)c1)C(=O)Cc1csc(NC(=O)c2ccccc2)n1.